The van der Waals surface area contributed by atoms with Gasteiger partial charge in [-0.2, -0.15) is 0 Å². The Hall–Kier alpha value is 0.330. The number of hydrogen-bond donors (Lipinski definition) is 2. The van der Waals surface area contributed by atoms with Crippen LogP contribution in [-0.4, -0.2) is 0 Å². The summed E-state index contributed by atoms with van der Waals surface area (Å²) < 4.78 is 1.84. The SMILES string of the molecule is Nc1c(S)cc(Br)cc1Br. The Bertz CT molecular complexity index is 239. The summed E-state index contributed by atoms with van der Waals surface area (Å²) in [5.74, 6) is 0. The second kappa shape index (κ2) is 3.15. The van der Waals surface area contributed by atoms with Gasteiger partial charge in [-0.15, -0.1) is 12.6 Å². The van der Waals surface area contributed by atoms with Gasteiger partial charge in [0.25, 0.3) is 0 Å². The van der Waals surface area contributed by atoms with Gasteiger partial charge < -0.3 is 5.73 Å². The summed E-state index contributed by atoms with van der Waals surface area (Å²) in [6, 6.07) is 3.73. The third kappa shape index (κ3) is 1.68. The Labute approximate surface area is 81.7 Å². The number of nitrogens with two attached hydrogens (primary N) is 1. The van der Waals surface area contributed by atoms with E-state index in [0.717, 1.165) is 13.8 Å². The van der Waals surface area contributed by atoms with Crippen LogP contribution in [0.5, 0.6) is 0 Å². The van der Waals surface area contributed by atoms with Crippen molar-refractivity contribution in [3.63, 3.8) is 0 Å². The maximum absolute atomic E-state index is 5.61. The molecule has 0 fully saturated rings. The van der Waals surface area contributed by atoms with Crippen molar-refractivity contribution in [2.75, 3.05) is 5.73 Å². The number of rotatable bonds is 0. The summed E-state index contributed by atoms with van der Waals surface area (Å²) >= 11 is 10.8. The van der Waals surface area contributed by atoms with Crippen molar-refractivity contribution in [3.8, 4) is 0 Å². The Kier molecular flexibility index (Phi) is 2.66. The molecular weight excluding hydrogens is 278 g/mol. The lowest BCUT2D eigenvalue weighted by atomic mass is 10.3. The zero-order valence-corrected chi connectivity index (χ0v) is 9.00. The monoisotopic (exact) mass is 281 g/mol. The van der Waals surface area contributed by atoms with Gasteiger partial charge in [0.2, 0.25) is 0 Å². The first kappa shape index (κ1) is 8.43. The zero-order chi connectivity index (χ0) is 7.72. The van der Waals surface area contributed by atoms with Crippen LogP contribution in [-0.2, 0) is 0 Å². The molecule has 0 saturated carbocycles. The van der Waals surface area contributed by atoms with Gasteiger partial charge in [-0.3, -0.25) is 0 Å². The van der Waals surface area contributed by atoms with Gasteiger partial charge in [-0.05, 0) is 28.1 Å². The number of thiol groups is 1. The predicted molar refractivity (Wildman–Crippen MR) is 53.5 cm³/mol. The molecule has 2 N–H and O–H groups in total. The fourth-order valence-corrected chi connectivity index (χ4v) is 2.39. The van der Waals surface area contributed by atoms with Crippen LogP contribution in [0, 0.1) is 0 Å². The van der Waals surface area contributed by atoms with Gasteiger partial charge in [-0.1, -0.05) is 15.9 Å². The van der Waals surface area contributed by atoms with Crippen LogP contribution in [0.4, 0.5) is 5.69 Å². The van der Waals surface area contributed by atoms with Crippen molar-refractivity contribution >= 4 is 50.2 Å². The van der Waals surface area contributed by atoms with Crippen LogP contribution in [0.25, 0.3) is 0 Å². The van der Waals surface area contributed by atoms with Crippen LogP contribution < -0.4 is 5.73 Å². The van der Waals surface area contributed by atoms with Crippen LogP contribution in [0.15, 0.2) is 26.0 Å². The molecular formula is C6H5Br2NS. The molecule has 0 atom stereocenters. The smallest absolute Gasteiger partial charge is 0.0594 e. The van der Waals surface area contributed by atoms with Gasteiger partial charge in [-0.25, -0.2) is 0 Å². The molecule has 1 nitrogen and oxygen atoms in total. The molecule has 0 saturated heterocycles. The van der Waals surface area contributed by atoms with E-state index in [2.05, 4.69) is 44.5 Å². The normalized spacial score (nSPS) is 9.90. The van der Waals surface area contributed by atoms with Crippen molar-refractivity contribution in [2.45, 2.75) is 4.90 Å². The van der Waals surface area contributed by atoms with E-state index in [4.69, 9.17) is 5.73 Å². The Balaban J connectivity index is 3.31. The average molecular weight is 283 g/mol. The second-order valence-electron chi connectivity index (χ2n) is 1.82. The van der Waals surface area contributed by atoms with E-state index in [0.29, 0.717) is 5.69 Å². The molecule has 54 valence electrons. The molecule has 0 radical (unpaired) electrons. The first-order valence-electron chi connectivity index (χ1n) is 2.54. The molecule has 10 heavy (non-hydrogen) atoms. The summed E-state index contributed by atoms with van der Waals surface area (Å²) in [4.78, 5) is 0.779. The molecule has 0 unspecified atom stereocenters. The first-order valence-corrected chi connectivity index (χ1v) is 4.58. The summed E-state index contributed by atoms with van der Waals surface area (Å²) in [7, 11) is 0. The summed E-state index contributed by atoms with van der Waals surface area (Å²) in [6.45, 7) is 0. The maximum atomic E-state index is 5.61. The molecule has 0 aliphatic heterocycles. The number of anilines is 1. The van der Waals surface area contributed by atoms with E-state index in [-0.39, 0.29) is 0 Å². The zero-order valence-electron chi connectivity index (χ0n) is 4.94. The highest BCUT2D eigenvalue weighted by Crippen LogP contribution is 2.29. The lowest BCUT2D eigenvalue weighted by Crippen LogP contribution is -1.87. The molecule has 0 spiro atoms. The molecule has 0 aliphatic carbocycles. The molecule has 0 bridgehead atoms. The highest BCUT2D eigenvalue weighted by molar-refractivity contribution is 9.11. The van der Waals surface area contributed by atoms with Gasteiger partial charge in [0.1, 0.15) is 0 Å². The van der Waals surface area contributed by atoms with E-state index in [1.54, 1.807) is 0 Å². The Morgan fingerprint density at radius 3 is 2.40 bits per heavy atom. The van der Waals surface area contributed by atoms with Crippen LogP contribution in [0.1, 0.15) is 0 Å². The van der Waals surface area contributed by atoms with Crippen molar-refractivity contribution in [1.29, 1.82) is 0 Å². The van der Waals surface area contributed by atoms with Crippen molar-refractivity contribution in [3.05, 3.63) is 21.1 Å². The lowest BCUT2D eigenvalue weighted by molar-refractivity contribution is 1.42. The van der Waals surface area contributed by atoms with Gasteiger partial charge in [0.15, 0.2) is 0 Å². The molecule has 1 aromatic carbocycles. The van der Waals surface area contributed by atoms with Crippen molar-refractivity contribution < 1.29 is 0 Å². The van der Waals surface area contributed by atoms with Gasteiger partial charge >= 0.3 is 0 Å². The fraction of sp³-hybridized carbons (Fsp3) is 0. The standard InChI is InChI=1S/C6H5Br2NS/c7-3-1-4(8)6(9)5(10)2-3/h1-2,10H,9H2. The minimum atomic E-state index is 0.673. The van der Waals surface area contributed by atoms with E-state index in [1.807, 2.05) is 12.1 Å². The highest BCUT2D eigenvalue weighted by atomic mass is 79.9. The largest absolute Gasteiger partial charge is 0.397 e. The van der Waals surface area contributed by atoms with E-state index < -0.39 is 0 Å². The predicted octanol–water partition coefficient (Wildman–Crippen LogP) is 3.08. The Morgan fingerprint density at radius 1 is 1.30 bits per heavy atom. The van der Waals surface area contributed by atoms with E-state index in [9.17, 15) is 0 Å². The van der Waals surface area contributed by atoms with Crippen LogP contribution in [0.3, 0.4) is 0 Å². The van der Waals surface area contributed by atoms with Gasteiger partial charge in [0.05, 0.1) is 5.69 Å². The maximum Gasteiger partial charge on any atom is 0.0594 e. The molecule has 0 amide bonds. The first-order chi connectivity index (χ1) is 4.61. The fourth-order valence-electron chi connectivity index (χ4n) is 0.571. The van der Waals surface area contributed by atoms with Crippen molar-refractivity contribution in [2.24, 2.45) is 0 Å². The summed E-state index contributed by atoms with van der Waals surface area (Å²) in [5.41, 5.74) is 6.28. The van der Waals surface area contributed by atoms with Crippen molar-refractivity contribution in [1.82, 2.24) is 0 Å². The third-order valence-corrected chi connectivity index (χ3v) is 2.56. The second-order valence-corrected chi connectivity index (χ2v) is 4.07. The molecule has 4 heteroatoms. The lowest BCUT2D eigenvalue weighted by Gasteiger charge is -2.01. The number of hydrogen-bond acceptors (Lipinski definition) is 2. The summed E-state index contributed by atoms with van der Waals surface area (Å²) in [6.07, 6.45) is 0. The minimum Gasteiger partial charge on any atom is -0.397 e. The number of halogens is 2. The minimum absolute atomic E-state index is 0.673. The van der Waals surface area contributed by atoms with Crippen LogP contribution >= 0.6 is 44.5 Å². The number of benzene rings is 1. The van der Waals surface area contributed by atoms with E-state index in [1.165, 1.54) is 0 Å². The molecule has 0 aliphatic rings. The number of nitrogen functional groups attached to an aromatic ring is 1. The quantitative estimate of drug-likeness (QED) is 0.555. The molecule has 1 rings (SSSR count). The molecule has 1 aromatic rings. The van der Waals surface area contributed by atoms with Gasteiger partial charge in [0, 0.05) is 13.8 Å². The average Bonchev–Trinajstić information content (AvgIpc) is 1.82. The van der Waals surface area contributed by atoms with E-state index >= 15 is 0 Å². The van der Waals surface area contributed by atoms with Crippen LogP contribution in [0.2, 0.25) is 0 Å². The third-order valence-electron chi connectivity index (χ3n) is 1.07. The Morgan fingerprint density at radius 2 is 1.90 bits per heavy atom. The molecule has 0 heterocycles. The summed E-state index contributed by atoms with van der Waals surface area (Å²) in [5, 5.41) is 0. The topological polar surface area (TPSA) is 26.0 Å². The highest BCUT2D eigenvalue weighted by Gasteiger charge is 2.00. The molecule has 0 aromatic heterocycles.